The van der Waals surface area contributed by atoms with Crippen LogP contribution in [0.2, 0.25) is 0 Å². The maximum Gasteiger partial charge on any atom is 0.292 e. The van der Waals surface area contributed by atoms with Crippen molar-refractivity contribution in [3.05, 3.63) is 34.4 Å². The molecule has 8 nitrogen and oxygen atoms in total. The molecular weight excluding hydrogens is 296 g/mol. The SMILES string of the molecule is CCCN(CC)/C(N)=N/S(=O)(=O)c1ccccc1[N+](=O)[O-]. The van der Waals surface area contributed by atoms with Crippen LogP contribution in [0.5, 0.6) is 0 Å². The second kappa shape index (κ2) is 7.02. The van der Waals surface area contributed by atoms with Crippen molar-refractivity contribution in [3.8, 4) is 0 Å². The normalized spacial score (nSPS) is 12.2. The Kier molecular flexibility index (Phi) is 5.65. The van der Waals surface area contributed by atoms with E-state index in [1.807, 2.05) is 13.8 Å². The lowest BCUT2D eigenvalue weighted by molar-refractivity contribution is -0.387. The molecule has 0 aromatic heterocycles. The van der Waals surface area contributed by atoms with Crippen LogP contribution in [0.4, 0.5) is 5.69 Å². The zero-order valence-electron chi connectivity index (χ0n) is 11.9. The quantitative estimate of drug-likeness (QED) is 0.366. The minimum absolute atomic E-state index is 0.169. The van der Waals surface area contributed by atoms with Gasteiger partial charge in [0, 0.05) is 19.2 Å². The van der Waals surface area contributed by atoms with Gasteiger partial charge in [-0.1, -0.05) is 19.1 Å². The molecule has 9 heteroatoms. The van der Waals surface area contributed by atoms with Gasteiger partial charge in [0.2, 0.25) is 5.96 Å². The fraction of sp³-hybridized carbons (Fsp3) is 0.417. The lowest BCUT2D eigenvalue weighted by atomic mass is 10.3. The lowest BCUT2D eigenvalue weighted by Crippen LogP contribution is -2.38. The van der Waals surface area contributed by atoms with E-state index >= 15 is 0 Å². The third-order valence-corrected chi connectivity index (χ3v) is 4.08. The van der Waals surface area contributed by atoms with Crippen LogP contribution < -0.4 is 5.73 Å². The van der Waals surface area contributed by atoms with E-state index in [1.54, 1.807) is 4.90 Å². The monoisotopic (exact) mass is 314 g/mol. The molecule has 0 saturated heterocycles. The summed E-state index contributed by atoms with van der Waals surface area (Å²) in [4.78, 5) is 11.3. The maximum atomic E-state index is 12.2. The van der Waals surface area contributed by atoms with Crippen molar-refractivity contribution in [2.24, 2.45) is 10.1 Å². The van der Waals surface area contributed by atoms with E-state index in [0.717, 1.165) is 18.6 Å². The molecule has 21 heavy (non-hydrogen) atoms. The summed E-state index contributed by atoms with van der Waals surface area (Å²) in [7, 11) is -4.23. The number of nitro benzene ring substituents is 1. The van der Waals surface area contributed by atoms with Gasteiger partial charge in [0.1, 0.15) is 0 Å². The van der Waals surface area contributed by atoms with Crippen LogP contribution in [0.3, 0.4) is 0 Å². The Hall–Kier alpha value is -2.16. The van der Waals surface area contributed by atoms with Gasteiger partial charge in [0.05, 0.1) is 4.92 Å². The minimum atomic E-state index is -4.23. The van der Waals surface area contributed by atoms with E-state index in [1.165, 1.54) is 12.1 Å². The van der Waals surface area contributed by atoms with Gasteiger partial charge in [-0.2, -0.15) is 8.42 Å². The molecule has 0 heterocycles. The third kappa shape index (κ3) is 4.15. The molecule has 0 bridgehead atoms. The van der Waals surface area contributed by atoms with Gasteiger partial charge in [-0.25, -0.2) is 0 Å². The largest absolute Gasteiger partial charge is 0.369 e. The van der Waals surface area contributed by atoms with E-state index in [-0.39, 0.29) is 5.96 Å². The molecule has 0 fully saturated rings. The first kappa shape index (κ1) is 16.9. The first-order valence-corrected chi connectivity index (χ1v) is 7.86. The molecule has 1 rings (SSSR count). The van der Waals surface area contributed by atoms with Crippen molar-refractivity contribution in [1.82, 2.24) is 4.90 Å². The summed E-state index contributed by atoms with van der Waals surface area (Å²) in [6.45, 7) is 4.79. The first-order chi connectivity index (χ1) is 9.83. The van der Waals surface area contributed by atoms with Crippen molar-refractivity contribution >= 4 is 21.7 Å². The standard InChI is InChI=1S/C12H18N4O4S/c1-3-9-15(4-2)12(13)14-21(19,20)11-8-6-5-7-10(11)16(17)18/h5-8H,3-4,9H2,1-2H3,(H2,13,14). The predicted molar refractivity (Wildman–Crippen MR) is 79.4 cm³/mol. The van der Waals surface area contributed by atoms with Gasteiger partial charge in [0.15, 0.2) is 4.90 Å². The van der Waals surface area contributed by atoms with Crippen molar-refractivity contribution < 1.29 is 13.3 Å². The summed E-state index contributed by atoms with van der Waals surface area (Å²) in [6, 6.07) is 5.04. The Labute approximate surface area is 123 Å². The first-order valence-electron chi connectivity index (χ1n) is 6.42. The van der Waals surface area contributed by atoms with E-state index in [9.17, 15) is 18.5 Å². The van der Waals surface area contributed by atoms with E-state index in [0.29, 0.717) is 13.1 Å². The third-order valence-electron chi connectivity index (χ3n) is 2.75. The van der Waals surface area contributed by atoms with Gasteiger partial charge >= 0.3 is 0 Å². The van der Waals surface area contributed by atoms with Gasteiger partial charge < -0.3 is 10.6 Å². The molecule has 2 N–H and O–H groups in total. The number of nitrogens with two attached hydrogens (primary N) is 1. The molecule has 0 atom stereocenters. The summed E-state index contributed by atoms with van der Waals surface area (Å²) >= 11 is 0. The molecule has 0 aliphatic rings. The van der Waals surface area contributed by atoms with E-state index < -0.39 is 25.5 Å². The van der Waals surface area contributed by atoms with Crippen LogP contribution in [0.15, 0.2) is 33.6 Å². The van der Waals surface area contributed by atoms with Gasteiger partial charge in [0.25, 0.3) is 15.7 Å². The van der Waals surface area contributed by atoms with Crippen LogP contribution >= 0.6 is 0 Å². The fourth-order valence-electron chi connectivity index (χ4n) is 1.76. The van der Waals surface area contributed by atoms with E-state index in [4.69, 9.17) is 5.73 Å². The number of benzene rings is 1. The zero-order valence-corrected chi connectivity index (χ0v) is 12.7. The highest BCUT2D eigenvalue weighted by Gasteiger charge is 2.25. The van der Waals surface area contributed by atoms with Crippen LogP contribution in [0.25, 0.3) is 0 Å². The molecule has 0 aliphatic heterocycles. The number of guanidine groups is 1. The molecule has 0 saturated carbocycles. The van der Waals surface area contributed by atoms with Crippen molar-refractivity contribution in [3.63, 3.8) is 0 Å². The molecule has 1 aromatic carbocycles. The van der Waals surface area contributed by atoms with Crippen LogP contribution in [0, 0.1) is 10.1 Å². The predicted octanol–water partition coefficient (Wildman–Crippen LogP) is 1.33. The molecule has 0 radical (unpaired) electrons. The van der Waals surface area contributed by atoms with Crippen LogP contribution in [-0.2, 0) is 10.0 Å². The second-order valence-corrected chi connectivity index (χ2v) is 5.80. The molecule has 0 amide bonds. The Bertz CT molecular complexity index is 642. The highest BCUT2D eigenvalue weighted by Crippen LogP contribution is 2.24. The Morgan fingerprint density at radius 2 is 2.00 bits per heavy atom. The topological polar surface area (TPSA) is 119 Å². The molecule has 0 spiro atoms. The average Bonchev–Trinajstić information content (AvgIpc) is 2.44. The molecule has 1 aromatic rings. The fourth-order valence-corrected chi connectivity index (χ4v) is 2.88. The number of rotatable bonds is 6. The number of nitrogens with zero attached hydrogens (tertiary/aromatic N) is 3. The lowest BCUT2D eigenvalue weighted by Gasteiger charge is -2.20. The second-order valence-electron chi connectivity index (χ2n) is 4.23. The summed E-state index contributed by atoms with van der Waals surface area (Å²) in [5.41, 5.74) is 5.17. The maximum absolute atomic E-state index is 12.2. The Morgan fingerprint density at radius 3 is 2.52 bits per heavy atom. The van der Waals surface area contributed by atoms with Crippen molar-refractivity contribution in [1.29, 1.82) is 0 Å². The smallest absolute Gasteiger partial charge is 0.292 e. The van der Waals surface area contributed by atoms with Crippen LogP contribution in [-0.4, -0.2) is 37.3 Å². The molecule has 0 aliphatic carbocycles. The van der Waals surface area contributed by atoms with Crippen molar-refractivity contribution in [2.75, 3.05) is 13.1 Å². The molecular formula is C12H18N4O4S. The summed E-state index contributed by atoms with van der Waals surface area (Å²) < 4.78 is 27.9. The number of hydrogen-bond donors (Lipinski definition) is 1. The van der Waals surface area contributed by atoms with E-state index in [2.05, 4.69) is 4.40 Å². The van der Waals surface area contributed by atoms with Crippen molar-refractivity contribution in [2.45, 2.75) is 25.2 Å². The number of nitro groups is 1. The Morgan fingerprint density at radius 1 is 1.38 bits per heavy atom. The number of hydrogen-bond acceptors (Lipinski definition) is 4. The number of sulfonamides is 1. The summed E-state index contributed by atoms with van der Waals surface area (Å²) in [6.07, 6.45) is 0.773. The highest BCUT2D eigenvalue weighted by molar-refractivity contribution is 7.90. The van der Waals surface area contributed by atoms with Crippen LogP contribution in [0.1, 0.15) is 20.3 Å². The van der Waals surface area contributed by atoms with Gasteiger partial charge in [-0.3, -0.25) is 10.1 Å². The Balaban J connectivity index is 3.26. The average molecular weight is 314 g/mol. The zero-order chi connectivity index (χ0) is 16.0. The van der Waals surface area contributed by atoms with Gasteiger partial charge in [-0.15, -0.1) is 4.40 Å². The molecule has 116 valence electrons. The number of para-hydroxylation sites is 1. The molecule has 0 unspecified atom stereocenters. The minimum Gasteiger partial charge on any atom is -0.369 e. The summed E-state index contributed by atoms with van der Waals surface area (Å²) in [5, 5.41) is 10.9. The summed E-state index contributed by atoms with van der Waals surface area (Å²) in [5.74, 6) is -0.169. The van der Waals surface area contributed by atoms with Gasteiger partial charge in [-0.05, 0) is 19.4 Å². The highest BCUT2D eigenvalue weighted by atomic mass is 32.2.